The van der Waals surface area contributed by atoms with Gasteiger partial charge in [-0.2, -0.15) is 13.2 Å². The van der Waals surface area contributed by atoms with Gasteiger partial charge in [-0.05, 0) is 44.0 Å². The Labute approximate surface area is 112 Å². The highest BCUT2D eigenvalue weighted by molar-refractivity contribution is 5.43. The van der Waals surface area contributed by atoms with Crippen molar-refractivity contribution in [2.45, 2.75) is 39.4 Å². The minimum atomic E-state index is -4.11. The van der Waals surface area contributed by atoms with E-state index >= 15 is 0 Å². The Morgan fingerprint density at radius 1 is 1.16 bits per heavy atom. The van der Waals surface area contributed by atoms with Crippen LogP contribution in [0.3, 0.4) is 0 Å². The fourth-order valence-corrected chi connectivity index (χ4v) is 2.02. The van der Waals surface area contributed by atoms with E-state index < -0.39 is 12.6 Å². The van der Waals surface area contributed by atoms with E-state index in [1.165, 1.54) is 0 Å². The minimum absolute atomic E-state index is 0.0132. The lowest BCUT2D eigenvalue weighted by atomic mass is 10.1. The number of hydrogen-bond donors (Lipinski definition) is 1. The number of nitrogens with one attached hydrogen (secondary N) is 1. The second-order valence-corrected chi connectivity index (χ2v) is 4.66. The molecule has 0 saturated heterocycles. The first-order valence-corrected chi connectivity index (χ1v) is 6.28. The van der Waals surface area contributed by atoms with Crippen LogP contribution in [-0.2, 0) is 6.54 Å². The first-order valence-electron chi connectivity index (χ1n) is 6.28. The Kier molecular flexibility index (Phi) is 5.66. The molecule has 1 aromatic carbocycles. The standard InChI is InChI=1S/C14H20F3NO/c1-10-7-12(9-18-3)8-11(2)13(10)19-6-4-5-14(15,16)17/h7-8,18H,4-6,9H2,1-3H3. The molecule has 0 aliphatic carbocycles. The molecule has 0 spiro atoms. The molecule has 0 aliphatic heterocycles. The van der Waals surface area contributed by atoms with Crippen LogP contribution < -0.4 is 10.1 Å². The number of benzene rings is 1. The Balaban J connectivity index is 2.59. The maximum Gasteiger partial charge on any atom is 0.389 e. The molecule has 0 aromatic heterocycles. The van der Waals surface area contributed by atoms with E-state index in [4.69, 9.17) is 4.74 Å². The average Bonchev–Trinajstić information content (AvgIpc) is 2.26. The maximum absolute atomic E-state index is 12.0. The molecular weight excluding hydrogens is 255 g/mol. The summed E-state index contributed by atoms with van der Waals surface area (Å²) >= 11 is 0. The van der Waals surface area contributed by atoms with Crippen LogP contribution in [0.2, 0.25) is 0 Å². The normalized spacial score (nSPS) is 11.7. The summed E-state index contributed by atoms with van der Waals surface area (Å²) in [6.45, 7) is 4.67. The molecule has 108 valence electrons. The second kappa shape index (κ2) is 6.80. The van der Waals surface area contributed by atoms with Crippen LogP contribution in [0.15, 0.2) is 12.1 Å². The summed E-state index contributed by atoms with van der Waals surface area (Å²) in [6, 6.07) is 3.98. The largest absolute Gasteiger partial charge is 0.493 e. The smallest absolute Gasteiger partial charge is 0.389 e. The van der Waals surface area contributed by atoms with Gasteiger partial charge in [-0.15, -0.1) is 0 Å². The molecule has 2 nitrogen and oxygen atoms in total. The Morgan fingerprint density at radius 2 is 1.74 bits per heavy atom. The zero-order valence-electron chi connectivity index (χ0n) is 11.5. The van der Waals surface area contributed by atoms with Crippen LogP contribution in [0, 0.1) is 13.8 Å². The van der Waals surface area contributed by atoms with Gasteiger partial charge in [0.2, 0.25) is 0 Å². The highest BCUT2D eigenvalue weighted by Gasteiger charge is 2.26. The van der Waals surface area contributed by atoms with Crippen LogP contribution in [0.1, 0.15) is 29.5 Å². The van der Waals surface area contributed by atoms with Crippen molar-refractivity contribution < 1.29 is 17.9 Å². The number of hydrogen-bond acceptors (Lipinski definition) is 2. The molecule has 5 heteroatoms. The molecule has 1 rings (SSSR count). The molecule has 0 aliphatic rings. The summed E-state index contributed by atoms with van der Waals surface area (Å²) in [5, 5.41) is 3.06. The lowest BCUT2D eigenvalue weighted by Crippen LogP contribution is -2.11. The first-order chi connectivity index (χ1) is 8.83. The third kappa shape index (κ3) is 5.51. The number of alkyl halides is 3. The molecule has 0 fully saturated rings. The van der Waals surface area contributed by atoms with Crippen molar-refractivity contribution in [2.75, 3.05) is 13.7 Å². The van der Waals surface area contributed by atoms with Gasteiger partial charge in [-0.3, -0.25) is 0 Å². The van der Waals surface area contributed by atoms with Gasteiger partial charge in [-0.25, -0.2) is 0 Å². The monoisotopic (exact) mass is 275 g/mol. The van der Waals surface area contributed by atoms with Gasteiger partial charge in [-0.1, -0.05) is 12.1 Å². The van der Waals surface area contributed by atoms with Gasteiger partial charge in [0.1, 0.15) is 5.75 Å². The fourth-order valence-electron chi connectivity index (χ4n) is 2.02. The van der Waals surface area contributed by atoms with Crippen molar-refractivity contribution in [2.24, 2.45) is 0 Å². The van der Waals surface area contributed by atoms with Gasteiger partial charge in [0.05, 0.1) is 6.61 Å². The molecular formula is C14H20F3NO. The zero-order valence-corrected chi connectivity index (χ0v) is 11.5. The molecule has 1 aromatic rings. The third-order valence-corrected chi connectivity index (χ3v) is 2.75. The van der Waals surface area contributed by atoms with E-state index in [0.29, 0.717) is 5.75 Å². The summed E-state index contributed by atoms with van der Waals surface area (Å²) in [6.07, 6.45) is -4.92. The quantitative estimate of drug-likeness (QED) is 0.798. The number of ether oxygens (including phenoxy) is 1. The van der Waals surface area contributed by atoms with E-state index in [9.17, 15) is 13.2 Å². The van der Waals surface area contributed by atoms with Gasteiger partial charge in [0.15, 0.2) is 0 Å². The van der Waals surface area contributed by atoms with Crippen molar-refractivity contribution in [3.63, 3.8) is 0 Å². The summed E-state index contributed by atoms with van der Waals surface area (Å²) in [7, 11) is 1.87. The van der Waals surface area contributed by atoms with Gasteiger partial charge < -0.3 is 10.1 Å². The number of rotatable bonds is 6. The Bertz CT molecular complexity index is 393. The van der Waals surface area contributed by atoms with Gasteiger partial charge in [0, 0.05) is 13.0 Å². The predicted octanol–water partition coefficient (Wildman–Crippen LogP) is 3.74. The predicted molar refractivity (Wildman–Crippen MR) is 69.5 cm³/mol. The zero-order chi connectivity index (χ0) is 14.5. The second-order valence-electron chi connectivity index (χ2n) is 4.66. The van der Waals surface area contributed by atoms with Crippen molar-refractivity contribution in [3.05, 3.63) is 28.8 Å². The van der Waals surface area contributed by atoms with Crippen molar-refractivity contribution in [1.29, 1.82) is 0 Å². The van der Waals surface area contributed by atoms with Crippen LogP contribution in [-0.4, -0.2) is 19.8 Å². The van der Waals surface area contributed by atoms with E-state index in [1.54, 1.807) is 0 Å². The highest BCUT2D eigenvalue weighted by atomic mass is 19.4. The third-order valence-electron chi connectivity index (χ3n) is 2.75. The van der Waals surface area contributed by atoms with Crippen molar-refractivity contribution in [3.8, 4) is 5.75 Å². The molecule has 0 bridgehead atoms. The molecule has 0 atom stereocenters. The minimum Gasteiger partial charge on any atom is -0.493 e. The van der Waals surface area contributed by atoms with E-state index in [2.05, 4.69) is 5.32 Å². The van der Waals surface area contributed by atoms with Gasteiger partial charge >= 0.3 is 6.18 Å². The first kappa shape index (κ1) is 15.8. The molecule has 0 heterocycles. The lowest BCUT2D eigenvalue weighted by Gasteiger charge is -2.14. The number of aryl methyl sites for hydroxylation is 2. The fraction of sp³-hybridized carbons (Fsp3) is 0.571. The van der Waals surface area contributed by atoms with E-state index in [-0.39, 0.29) is 13.0 Å². The van der Waals surface area contributed by atoms with E-state index in [0.717, 1.165) is 23.2 Å². The van der Waals surface area contributed by atoms with Crippen LogP contribution in [0.25, 0.3) is 0 Å². The van der Waals surface area contributed by atoms with Crippen LogP contribution in [0.4, 0.5) is 13.2 Å². The van der Waals surface area contributed by atoms with Crippen LogP contribution >= 0.6 is 0 Å². The van der Waals surface area contributed by atoms with Crippen LogP contribution in [0.5, 0.6) is 5.75 Å². The number of halogens is 3. The maximum atomic E-state index is 12.0. The molecule has 19 heavy (non-hydrogen) atoms. The Hall–Kier alpha value is -1.23. The van der Waals surface area contributed by atoms with E-state index in [1.807, 2.05) is 33.0 Å². The molecule has 0 unspecified atom stereocenters. The molecule has 0 amide bonds. The molecule has 0 radical (unpaired) electrons. The summed E-state index contributed by atoms with van der Waals surface area (Å²) in [5.74, 6) is 0.696. The van der Waals surface area contributed by atoms with Crippen molar-refractivity contribution >= 4 is 0 Å². The highest BCUT2D eigenvalue weighted by Crippen LogP contribution is 2.26. The topological polar surface area (TPSA) is 21.3 Å². The summed E-state index contributed by atoms with van der Waals surface area (Å²) in [5.41, 5.74) is 3.05. The SMILES string of the molecule is CNCc1cc(C)c(OCCCC(F)(F)F)c(C)c1. The van der Waals surface area contributed by atoms with Gasteiger partial charge in [0.25, 0.3) is 0 Å². The Morgan fingerprint density at radius 3 is 2.21 bits per heavy atom. The van der Waals surface area contributed by atoms with Crippen molar-refractivity contribution in [1.82, 2.24) is 5.32 Å². The lowest BCUT2D eigenvalue weighted by molar-refractivity contribution is -0.136. The average molecular weight is 275 g/mol. The summed E-state index contributed by atoms with van der Waals surface area (Å²) < 4.78 is 41.5. The molecule has 0 saturated carbocycles. The summed E-state index contributed by atoms with van der Waals surface area (Å²) in [4.78, 5) is 0. The molecule has 1 N–H and O–H groups in total.